The van der Waals surface area contributed by atoms with Crippen LogP contribution in [-0.4, -0.2) is 12.4 Å². The van der Waals surface area contributed by atoms with Crippen molar-refractivity contribution in [3.63, 3.8) is 0 Å². The summed E-state index contributed by atoms with van der Waals surface area (Å²) < 4.78 is 5.05. The zero-order valence-corrected chi connectivity index (χ0v) is 32.4. The summed E-state index contributed by atoms with van der Waals surface area (Å²) in [5, 5.41) is 4.56. The van der Waals surface area contributed by atoms with Crippen LogP contribution in [-0.2, 0) is 31.2 Å². The third-order valence-electron chi connectivity index (χ3n) is 12.9. The van der Waals surface area contributed by atoms with Gasteiger partial charge in [0.15, 0.2) is 0 Å². The number of benzene rings is 6. The molecule has 0 N–H and O–H groups in total. The molecule has 0 fully saturated rings. The number of rotatable bonds is 5. The van der Waals surface area contributed by atoms with Gasteiger partial charge < -0.3 is 4.74 Å². The molecule has 0 atom stereocenters. The van der Waals surface area contributed by atoms with Crippen molar-refractivity contribution in [1.29, 1.82) is 0 Å². The molecule has 0 aliphatic heterocycles. The van der Waals surface area contributed by atoms with Gasteiger partial charge in [0.05, 0.1) is 5.56 Å². The van der Waals surface area contributed by atoms with E-state index in [1.54, 1.807) is 0 Å². The smallest absolute Gasteiger partial charge is 0.346 e. The minimum atomic E-state index is -0.663. The van der Waals surface area contributed by atoms with Crippen LogP contribution >= 0.6 is 0 Å². The number of fused-ring (bicyclic) bond motifs is 4. The van der Waals surface area contributed by atoms with Crippen LogP contribution in [0.4, 0.5) is 0 Å². The Morgan fingerprint density at radius 2 is 1.06 bits per heavy atom. The minimum Gasteiger partial charge on any atom is -0.392 e. The number of hydrogen-bond acceptors (Lipinski definition) is 3. The maximum atomic E-state index is 13.6. The zero-order chi connectivity index (χ0) is 37.5. The van der Waals surface area contributed by atoms with E-state index in [1.165, 1.54) is 39.4 Å². The quantitative estimate of drug-likeness (QED) is 0.102. The summed E-state index contributed by atoms with van der Waals surface area (Å²) in [7, 11) is 0. The topological polar surface area (TPSA) is 43.4 Å². The molecule has 8 rings (SSSR count). The standard InChI is InChI=1S/C50H50O3/c1-47(2)21-22-48(3,4)42-28-35(17-20-41(42)47)38-18-15-31-11-9-10-12-37(31)45(38)40-26-33(16-19-39(40)46(52)53-30-51)32-13-14-34-27-43-44(29-36(34)25-32)50(7,8)24-23-49(43,5)6/h9-20,25-30H,21-24H2,1-8H3. The first-order valence-corrected chi connectivity index (χ1v) is 19.2. The molecule has 6 aromatic rings. The van der Waals surface area contributed by atoms with Gasteiger partial charge in [0.1, 0.15) is 0 Å². The molecule has 53 heavy (non-hydrogen) atoms. The van der Waals surface area contributed by atoms with E-state index >= 15 is 0 Å². The third-order valence-corrected chi connectivity index (χ3v) is 12.9. The molecule has 2 aliphatic rings. The number of hydrogen-bond donors (Lipinski definition) is 0. The van der Waals surface area contributed by atoms with Gasteiger partial charge in [-0.15, -0.1) is 0 Å². The highest BCUT2D eigenvalue weighted by Crippen LogP contribution is 2.50. The van der Waals surface area contributed by atoms with Crippen molar-refractivity contribution in [3.05, 3.63) is 131 Å². The van der Waals surface area contributed by atoms with E-state index in [-0.39, 0.29) is 28.1 Å². The summed E-state index contributed by atoms with van der Waals surface area (Å²) in [6.07, 6.45) is 4.60. The maximum absolute atomic E-state index is 13.6. The van der Waals surface area contributed by atoms with Crippen LogP contribution in [0.2, 0.25) is 0 Å². The molecule has 268 valence electrons. The van der Waals surface area contributed by atoms with E-state index in [0.29, 0.717) is 5.56 Å². The molecule has 0 heterocycles. The van der Waals surface area contributed by atoms with Crippen LogP contribution in [0.1, 0.15) is 114 Å². The lowest BCUT2D eigenvalue weighted by atomic mass is 9.63. The summed E-state index contributed by atoms with van der Waals surface area (Å²) >= 11 is 0. The van der Waals surface area contributed by atoms with Gasteiger partial charge in [0, 0.05) is 0 Å². The number of ether oxygens (including phenoxy) is 1. The van der Waals surface area contributed by atoms with Crippen LogP contribution in [0, 0.1) is 0 Å². The van der Waals surface area contributed by atoms with E-state index in [4.69, 9.17) is 4.74 Å². The lowest BCUT2D eigenvalue weighted by molar-refractivity contribution is -0.123. The Bertz CT molecular complexity index is 2470. The molecule has 3 heteroatoms. The van der Waals surface area contributed by atoms with E-state index in [9.17, 15) is 9.59 Å². The fraction of sp³-hybridized carbons (Fsp3) is 0.320. The lowest BCUT2D eigenvalue weighted by Crippen LogP contribution is -2.33. The highest BCUT2D eigenvalue weighted by atomic mass is 16.6. The van der Waals surface area contributed by atoms with Crippen molar-refractivity contribution >= 4 is 34.0 Å². The van der Waals surface area contributed by atoms with Gasteiger partial charge in [-0.3, -0.25) is 4.79 Å². The molecule has 2 aliphatic carbocycles. The molecular formula is C50H50O3. The second-order valence-corrected chi connectivity index (χ2v) is 18.2. The van der Waals surface area contributed by atoms with Crippen LogP contribution in [0.25, 0.3) is 54.9 Å². The van der Waals surface area contributed by atoms with E-state index in [2.05, 4.69) is 134 Å². The van der Waals surface area contributed by atoms with Crippen LogP contribution in [0.5, 0.6) is 0 Å². The van der Waals surface area contributed by atoms with Gasteiger partial charge in [-0.25, -0.2) is 4.79 Å². The van der Waals surface area contributed by atoms with Crippen molar-refractivity contribution in [2.75, 3.05) is 0 Å². The first-order chi connectivity index (χ1) is 25.1. The molecule has 3 nitrogen and oxygen atoms in total. The Morgan fingerprint density at radius 1 is 0.509 bits per heavy atom. The second-order valence-electron chi connectivity index (χ2n) is 18.2. The number of carbonyl (C=O) groups is 2. The molecule has 0 aromatic heterocycles. The molecular weight excluding hydrogens is 649 g/mol. The molecule has 0 radical (unpaired) electrons. The van der Waals surface area contributed by atoms with Gasteiger partial charge in [0.25, 0.3) is 0 Å². The number of carbonyl (C=O) groups excluding carboxylic acids is 2. The number of esters is 1. The molecule has 0 unspecified atom stereocenters. The predicted octanol–water partition coefficient (Wildman–Crippen LogP) is 13.0. The first kappa shape index (κ1) is 35.0. The molecule has 0 amide bonds. The van der Waals surface area contributed by atoms with Crippen molar-refractivity contribution in [1.82, 2.24) is 0 Å². The Morgan fingerprint density at radius 3 is 1.74 bits per heavy atom. The molecule has 0 spiro atoms. The maximum Gasteiger partial charge on any atom is 0.346 e. The van der Waals surface area contributed by atoms with Crippen molar-refractivity contribution in [3.8, 4) is 33.4 Å². The SMILES string of the molecule is CC1(C)CCC(C)(C)c2cc(-c3ccc4ccccc4c3-c3cc(-c4ccc5cc6c(cc5c4)C(C)(C)CCC6(C)C)ccc3C(=O)OC=O)ccc21. The van der Waals surface area contributed by atoms with Crippen molar-refractivity contribution in [2.24, 2.45) is 0 Å². The molecule has 6 aromatic carbocycles. The van der Waals surface area contributed by atoms with Crippen molar-refractivity contribution in [2.45, 2.75) is 103 Å². The largest absolute Gasteiger partial charge is 0.392 e. The highest BCUT2D eigenvalue weighted by Gasteiger charge is 2.38. The highest BCUT2D eigenvalue weighted by molar-refractivity contribution is 6.10. The summed E-state index contributed by atoms with van der Waals surface area (Å²) in [6.45, 7) is 19.1. The molecule has 0 saturated carbocycles. The predicted molar refractivity (Wildman–Crippen MR) is 220 cm³/mol. The molecule has 0 saturated heterocycles. The van der Waals surface area contributed by atoms with Crippen molar-refractivity contribution < 1.29 is 14.3 Å². The summed E-state index contributed by atoms with van der Waals surface area (Å²) in [5.74, 6) is -0.663. The lowest BCUT2D eigenvalue weighted by Gasteiger charge is -2.42. The first-order valence-electron chi connectivity index (χ1n) is 19.2. The monoisotopic (exact) mass is 698 g/mol. The minimum absolute atomic E-state index is 0.0387. The average molecular weight is 699 g/mol. The van der Waals surface area contributed by atoms with Gasteiger partial charge in [-0.2, -0.15) is 0 Å². The van der Waals surface area contributed by atoms with Gasteiger partial charge >= 0.3 is 12.4 Å². The van der Waals surface area contributed by atoms with Gasteiger partial charge in [0.2, 0.25) is 0 Å². The van der Waals surface area contributed by atoms with Crippen LogP contribution < -0.4 is 0 Å². The Labute approximate surface area is 314 Å². The Kier molecular flexibility index (Phi) is 8.11. The van der Waals surface area contributed by atoms with Crippen LogP contribution in [0.3, 0.4) is 0 Å². The summed E-state index contributed by atoms with van der Waals surface area (Å²) in [5.41, 5.74) is 12.3. The second kappa shape index (κ2) is 12.3. The Hall–Kier alpha value is -5.02. The van der Waals surface area contributed by atoms with Gasteiger partial charge in [-0.1, -0.05) is 140 Å². The van der Waals surface area contributed by atoms with Crippen LogP contribution in [0.15, 0.2) is 103 Å². The zero-order valence-electron chi connectivity index (χ0n) is 32.4. The summed E-state index contributed by atoms with van der Waals surface area (Å²) in [6, 6.07) is 37.1. The summed E-state index contributed by atoms with van der Waals surface area (Å²) in [4.78, 5) is 25.1. The molecule has 0 bridgehead atoms. The fourth-order valence-corrected chi connectivity index (χ4v) is 9.27. The van der Waals surface area contributed by atoms with E-state index < -0.39 is 5.97 Å². The van der Waals surface area contributed by atoms with E-state index in [1.807, 2.05) is 24.3 Å². The average Bonchev–Trinajstić information content (AvgIpc) is 3.14. The van der Waals surface area contributed by atoms with E-state index in [0.717, 1.165) is 63.4 Å². The Balaban J connectivity index is 1.36. The third kappa shape index (κ3) is 5.89. The van der Waals surface area contributed by atoms with Gasteiger partial charge in [-0.05, 0) is 143 Å². The fourth-order valence-electron chi connectivity index (χ4n) is 9.27. The normalized spacial score (nSPS) is 17.9.